The number of carbonyl (C=O) groups is 1. The van der Waals surface area contributed by atoms with E-state index in [0.717, 1.165) is 0 Å². The van der Waals surface area contributed by atoms with Crippen LogP contribution in [0.4, 0.5) is 0 Å². The van der Waals surface area contributed by atoms with Gasteiger partial charge in [-0.25, -0.2) is 0 Å². The SMILES string of the molecule is CC(=[N+]=[N-])C(=O)c1ccccc1C#CC#CC(C)C. The van der Waals surface area contributed by atoms with Crippen LogP contribution in [0.3, 0.4) is 0 Å². The van der Waals surface area contributed by atoms with Crippen LogP contribution >= 0.6 is 0 Å². The van der Waals surface area contributed by atoms with Crippen molar-refractivity contribution in [3.05, 3.63) is 40.9 Å². The lowest BCUT2D eigenvalue weighted by Crippen LogP contribution is -2.12. The van der Waals surface area contributed by atoms with E-state index in [1.54, 1.807) is 24.3 Å². The van der Waals surface area contributed by atoms with Crippen LogP contribution < -0.4 is 0 Å². The van der Waals surface area contributed by atoms with Crippen molar-refractivity contribution in [1.82, 2.24) is 0 Å². The molecule has 0 aliphatic rings. The highest BCUT2D eigenvalue weighted by atomic mass is 16.1. The van der Waals surface area contributed by atoms with E-state index < -0.39 is 0 Å². The molecule has 0 saturated heterocycles. The number of hydrogen-bond donors (Lipinski definition) is 0. The Morgan fingerprint density at radius 1 is 1.26 bits per heavy atom. The second kappa shape index (κ2) is 6.97. The van der Waals surface area contributed by atoms with Gasteiger partial charge >= 0.3 is 5.71 Å². The van der Waals surface area contributed by atoms with E-state index in [2.05, 4.69) is 28.5 Å². The maximum absolute atomic E-state index is 11.9. The van der Waals surface area contributed by atoms with Gasteiger partial charge in [-0.3, -0.25) is 4.79 Å². The zero-order valence-corrected chi connectivity index (χ0v) is 11.2. The molecule has 0 heterocycles. The molecule has 0 amide bonds. The molecule has 0 N–H and O–H groups in total. The molecule has 1 rings (SSSR count). The Balaban J connectivity index is 3.15. The monoisotopic (exact) mass is 250 g/mol. The Morgan fingerprint density at radius 2 is 1.95 bits per heavy atom. The summed E-state index contributed by atoms with van der Waals surface area (Å²) in [5.74, 6) is 11.1. The Labute approximate surface area is 113 Å². The summed E-state index contributed by atoms with van der Waals surface area (Å²) in [6.07, 6.45) is 0. The van der Waals surface area contributed by atoms with Crippen molar-refractivity contribution in [3.8, 4) is 23.7 Å². The average molecular weight is 250 g/mol. The molecular formula is C16H14N2O. The second-order valence-corrected chi connectivity index (χ2v) is 4.23. The van der Waals surface area contributed by atoms with Crippen molar-refractivity contribution < 1.29 is 9.58 Å². The molecule has 3 heteroatoms. The summed E-state index contributed by atoms with van der Waals surface area (Å²) in [6, 6.07) is 6.92. The highest BCUT2D eigenvalue weighted by Crippen LogP contribution is 2.08. The van der Waals surface area contributed by atoms with Crippen LogP contribution in [0.25, 0.3) is 5.53 Å². The van der Waals surface area contributed by atoms with Crippen molar-refractivity contribution in [3.63, 3.8) is 0 Å². The first-order valence-corrected chi connectivity index (χ1v) is 5.90. The molecule has 0 saturated carbocycles. The van der Waals surface area contributed by atoms with E-state index in [0.29, 0.717) is 11.1 Å². The van der Waals surface area contributed by atoms with Crippen LogP contribution in [-0.4, -0.2) is 16.3 Å². The van der Waals surface area contributed by atoms with Gasteiger partial charge in [0.15, 0.2) is 0 Å². The summed E-state index contributed by atoms with van der Waals surface area (Å²) in [5, 5.41) is 0. The quantitative estimate of drug-likeness (QED) is 0.262. The van der Waals surface area contributed by atoms with Gasteiger partial charge in [-0.1, -0.05) is 37.8 Å². The zero-order valence-electron chi connectivity index (χ0n) is 11.2. The van der Waals surface area contributed by atoms with Gasteiger partial charge in [0.2, 0.25) is 0 Å². The third-order valence-corrected chi connectivity index (χ3v) is 2.27. The maximum Gasteiger partial charge on any atom is 0.336 e. The van der Waals surface area contributed by atoms with Crippen molar-refractivity contribution in [2.75, 3.05) is 0 Å². The van der Waals surface area contributed by atoms with Gasteiger partial charge in [0.05, 0.1) is 0 Å². The smallest absolute Gasteiger partial charge is 0.336 e. The Hall–Kier alpha value is -2.61. The number of benzene rings is 1. The normalized spacial score (nSPS) is 8.63. The molecule has 0 fully saturated rings. The minimum absolute atomic E-state index is 0.0301. The average Bonchev–Trinajstić information content (AvgIpc) is 2.42. The van der Waals surface area contributed by atoms with Gasteiger partial charge in [-0.05, 0) is 24.0 Å². The molecule has 0 radical (unpaired) electrons. The van der Waals surface area contributed by atoms with Crippen LogP contribution in [-0.2, 0) is 0 Å². The largest absolute Gasteiger partial charge is 0.361 e. The molecule has 1 aromatic carbocycles. The predicted octanol–water partition coefficient (Wildman–Crippen LogP) is 2.57. The van der Waals surface area contributed by atoms with Gasteiger partial charge in [0.1, 0.15) is 0 Å². The van der Waals surface area contributed by atoms with E-state index in [1.165, 1.54) is 6.92 Å². The van der Waals surface area contributed by atoms with Crippen LogP contribution in [0.5, 0.6) is 0 Å². The summed E-state index contributed by atoms with van der Waals surface area (Å²) < 4.78 is 0. The molecule has 0 bridgehead atoms. The molecule has 0 unspecified atom stereocenters. The van der Waals surface area contributed by atoms with Gasteiger partial charge in [-0.15, -0.1) is 0 Å². The Kier molecular flexibility index (Phi) is 5.30. The van der Waals surface area contributed by atoms with E-state index in [9.17, 15) is 4.79 Å². The molecule has 0 aliphatic heterocycles. The third-order valence-electron chi connectivity index (χ3n) is 2.27. The number of nitrogens with zero attached hydrogens (tertiary/aromatic N) is 2. The summed E-state index contributed by atoms with van der Waals surface area (Å²) in [7, 11) is 0. The van der Waals surface area contributed by atoms with Crippen LogP contribution in [0.2, 0.25) is 0 Å². The summed E-state index contributed by atoms with van der Waals surface area (Å²) in [4.78, 5) is 14.9. The molecule has 0 spiro atoms. The van der Waals surface area contributed by atoms with Crippen LogP contribution in [0.15, 0.2) is 24.3 Å². The molecule has 19 heavy (non-hydrogen) atoms. The molecular weight excluding hydrogens is 236 g/mol. The van der Waals surface area contributed by atoms with Crippen LogP contribution in [0, 0.1) is 29.6 Å². The number of ketones is 1. The first kappa shape index (κ1) is 14.5. The topological polar surface area (TPSA) is 53.5 Å². The summed E-state index contributed by atoms with van der Waals surface area (Å²) in [6.45, 7) is 5.41. The highest BCUT2D eigenvalue weighted by Gasteiger charge is 2.18. The van der Waals surface area contributed by atoms with E-state index in [4.69, 9.17) is 5.53 Å². The van der Waals surface area contributed by atoms with Gasteiger partial charge in [0.25, 0.3) is 5.78 Å². The van der Waals surface area contributed by atoms with Crippen molar-refractivity contribution >= 4 is 11.5 Å². The van der Waals surface area contributed by atoms with Gasteiger partial charge in [-0.2, -0.15) is 4.79 Å². The molecule has 94 valence electrons. The Morgan fingerprint density at radius 3 is 2.58 bits per heavy atom. The van der Waals surface area contributed by atoms with E-state index >= 15 is 0 Å². The molecule has 3 nitrogen and oxygen atoms in total. The maximum atomic E-state index is 11.9. The van der Waals surface area contributed by atoms with Gasteiger partial charge < -0.3 is 5.53 Å². The highest BCUT2D eigenvalue weighted by molar-refractivity contribution is 6.43. The number of carbonyl (C=O) groups excluding carboxylic acids is 1. The van der Waals surface area contributed by atoms with Crippen LogP contribution in [0.1, 0.15) is 36.7 Å². The second-order valence-electron chi connectivity index (χ2n) is 4.23. The molecule has 0 atom stereocenters. The first-order chi connectivity index (χ1) is 9.06. The predicted molar refractivity (Wildman–Crippen MR) is 74.6 cm³/mol. The molecule has 1 aromatic rings. The third kappa shape index (κ3) is 4.28. The summed E-state index contributed by atoms with van der Waals surface area (Å²) in [5.41, 5.74) is 9.66. The molecule has 0 aliphatic carbocycles. The Bertz CT molecular complexity index is 657. The lowest BCUT2D eigenvalue weighted by molar-refractivity contribution is -0.00678. The zero-order chi connectivity index (χ0) is 14.3. The minimum atomic E-state index is -0.343. The fourth-order valence-corrected chi connectivity index (χ4v) is 1.31. The first-order valence-electron chi connectivity index (χ1n) is 5.90. The number of Topliss-reactive ketones (excluding diaryl/α,β-unsaturated/α-hetero) is 1. The van der Waals surface area contributed by atoms with Crippen molar-refractivity contribution in [2.24, 2.45) is 5.92 Å². The molecule has 0 aromatic heterocycles. The minimum Gasteiger partial charge on any atom is -0.361 e. The van der Waals surface area contributed by atoms with Gasteiger partial charge in [0, 0.05) is 24.0 Å². The number of rotatable bonds is 2. The lowest BCUT2D eigenvalue weighted by Gasteiger charge is -1.97. The lowest BCUT2D eigenvalue weighted by atomic mass is 10.0. The standard InChI is InChI=1S/C16H14N2O/c1-12(2)8-4-5-9-14-10-6-7-11-15(14)16(19)13(3)18-17/h6-7,10-12H,1-3H3. The van der Waals surface area contributed by atoms with E-state index in [-0.39, 0.29) is 17.4 Å². The van der Waals surface area contributed by atoms with E-state index in [1.807, 2.05) is 13.8 Å². The van der Waals surface area contributed by atoms with Crippen molar-refractivity contribution in [1.29, 1.82) is 0 Å². The fourth-order valence-electron chi connectivity index (χ4n) is 1.31. The fraction of sp³-hybridized carbons (Fsp3) is 0.250. The number of hydrogen-bond acceptors (Lipinski definition) is 1. The summed E-state index contributed by atoms with van der Waals surface area (Å²) >= 11 is 0. The van der Waals surface area contributed by atoms with Crippen molar-refractivity contribution in [2.45, 2.75) is 20.8 Å².